The number of hydrogen-bond acceptors (Lipinski definition) is 4. The Hall–Kier alpha value is -0.600. The Balaban J connectivity index is 2.58. The largest absolute Gasteiger partial charge is 0.394 e. The molecule has 4 atom stereocenters. The van der Waals surface area contributed by atoms with Crippen molar-refractivity contribution in [3.8, 4) is 12.3 Å². The molecule has 0 bridgehead atoms. The van der Waals surface area contributed by atoms with E-state index in [4.69, 9.17) is 16.3 Å². The van der Waals surface area contributed by atoms with Crippen LogP contribution >= 0.6 is 0 Å². The second-order valence-corrected chi connectivity index (χ2v) is 2.81. The summed E-state index contributed by atoms with van der Waals surface area (Å²) in [6.45, 7) is -0.286. The van der Waals surface area contributed by atoms with Crippen molar-refractivity contribution < 1.29 is 20.1 Å². The second kappa shape index (κ2) is 3.87. The normalized spacial score (nSPS) is 42.2. The molecule has 0 aromatic heterocycles. The standard InChI is InChI=1S/C8H12O4/c1-2-7-5(10)3-6(11)8(4-9)12-7/h1,5-11H,3-4H2/t5?,6-,7?,8?/m0/s1. The SMILES string of the molecule is C#CC1OC(CO)[C@@H](O)CC1O. The zero-order valence-electron chi connectivity index (χ0n) is 6.55. The predicted octanol–water partition coefficient (Wildman–Crippen LogP) is -1.51. The van der Waals surface area contributed by atoms with E-state index in [2.05, 4.69) is 5.92 Å². The van der Waals surface area contributed by atoms with Gasteiger partial charge in [0, 0.05) is 6.42 Å². The fourth-order valence-electron chi connectivity index (χ4n) is 1.21. The van der Waals surface area contributed by atoms with E-state index in [1.54, 1.807) is 0 Å². The van der Waals surface area contributed by atoms with E-state index >= 15 is 0 Å². The van der Waals surface area contributed by atoms with Gasteiger partial charge in [-0.3, -0.25) is 0 Å². The maximum atomic E-state index is 9.24. The molecule has 0 spiro atoms. The van der Waals surface area contributed by atoms with Gasteiger partial charge in [-0.25, -0.2) is 0 Å². The highest BCUT2D eigenvalue weighted by molar-refractivity contribution is 5.02. The average Bonchev–Trinajstić information content (AvgIpc) is 2.05. The first-order chi connectivity index (χ1) is 5.69. The molecule has 1 fully saturated rings. The molecule has 68 valence electrons. The maximum absolute atomic E-state index is 9.24. The van der Waals surface area contributed by atoms with Crippen molar-refractivity contribution in [3.63, 3.8) is 0 Å². The lowest BCUT2D eigenvalue weighted by molar-refractivity contribution is -0.160. The van der Waals surface area contributed by atoms with Gasteiger partial charge in [0.25, 0.3) is 0 Å². The highest BCUT2D eigenvalue weighted by Gasteiger charge is 2.34. The number of terminal acetylenes is 1. The smallest absolute Gasteiger partial charge is 0.144 e. The van der Waals surface area contributed by atoms with Gasteiger partial charge in [0.1, 0.15) is 12.2 Å². The molecule has 0 aromatic carbocycles. The van der Waals surface area contributed by atoms with Gasteiger partial charge in [-0.15, -0.1) is 6.42 Å². The summed E-state index contributed by atoms with van der Waals surface area (Å²) in [6.07, 6.45) is 2.14. The molecule has 4 nitrogen and oxygen atoms in total. The molecule has 0 radical (unpaired) electrons. The van der Waals surface area contributed by atoms with Gasteiger partial charge in [-0.1, -0.05) is 5.92 Å². The molecule has 0 aliphatic carbocycles. The van der Waals surface area contributed by atoms with Crippen LogP contribution in [0.5, 0.6) is 0 Å². The maximum Gasteiger partial charge on any atom is 0.144 e. The minimum absolute atomic E-state index is 0.153. The summed E-state index contributed by atoms with van der Waals surface area (Å²) >= 11 is 0. The van der Waals surface area contributed by atoms with Crippen LogP contribution in [0.25, 0.3) is 0 Å². The van der Waals surface area contributed by atoms with Crippen LogP contribution in [0.2, 0.25) is 0 Å². The van der Waals surface area contributed by atoms with E-state index in [-0.39, 0.29) is 13.0 Å². The van der Waals surface area contributed by atoms with Crippen LogP contribution in [0.4, 0.5) is 0 Å². The van der Waals surface area contributed by atoms with Crippen molar-refractivity contribution >= 4 is 0 Å². The average molecular weight is 172 g/mol. The van der Waals surface area contributed by atoms with Crippen LogP contribution in [0.1, 0.15) is 6.42 Å². The topological polar surface area (TPSA) is 69.9 Å². The number of hydrogen-bond donors (Lipinski definition) is 3. The fraction of sp³-hybridized carbons (Fsp3) is 0.750. The van der Waals surface area contributed by atoms with Crippen LogP contribution in [0.3, 0.4) is 0 Å². The molecule has 0 saturated carbocycles. The Morgan fingerprint density at radius 2 is 2.08 bits per heavy atom. The summed E-state index contributed by atoms with van der Waals surface area (Å²) in [5.41, 5.74) is 0. The molecule has 0 aromatic rings. The summed E-state index contributed by atoms with van der Waals surface area (Å²) in [7, 11) is 0. The lowest BCUT2D eigenvalue weighted by Gasteiger charge is -2.33. The highest BCUT2D eigenvalue weighted by atomic mass is 16.5. The molecule has 4 heteroatoms. The summed E-state index contributed by atoms with van der Waals surface area (Å²) in [5.74, 6) is 2.24. The van der Waals surface area contributed by atoms with Crippen molar-refractivity contribution in [2.24, 2.45) is 0 Å². The van der Waals surface area contributed by atoms with E-state index in [9.17, 15) is 10.2 Å². The van der Waals surface area contributed by atoms with Gasteiger partial charge >= 0.3 is 0 Å². The molecule has 0 amide bonds. The molecule has 1 rings (SSSR count). The number of aliphatic hydroxyl groups excluding tert-OH is 3. The third kappa shape index (κ3) is 1.76. The Bertz CT molecular complexity index is 186. The molecular weight excluding hydrogens is 160 g/mol. The summed E-state index contributed by atoms with van der Waals surface area (Å²) in [6, 6.07) is 0. The second-order valence-electron chi connectivity index (χ2n) is 2.81. The van der Waals surface area contributed by atoms with Crippen molar-refractivity contribution in [2.45, 2.75) is 30.8 Å². The van der Waals surface area contributed by atoms with Crippen LogP contribution < -0.4 is 0 Å². The van der Waals surface area contributed by atoms with Crippen LogP contribution in [-0.2, 0) is 4.74 Å². The van der Waals surface area contributed by atoms with Gasteiger partial charge in [0.2, 0.25) is 0 Å². The minimum atomic E-state index is -0.840. The van der Waals surface area contributed by atoms with Crippen molar-refractivity contribution in [1.29, 1.82) is 0 Å². The van der Waals surface area contributed by atoms with Crippen molar-refractivity contribution in [1.82, 2.24) is 0 Å². The summed E-state index contributed by atoms with van der Waals surface area (Å²) < 4.78 is 5.02. The van der Waals surface area contributed by atoms with Gasteiger partial charge < -0.3 is 20.1 Å². The molecule has 1 heterocycles. The summed E-state index contributed by atoms with van der Waals surface area (Å²) in [5, 5.41) is 27.2. The van der Waals surface area contributed by atoms with Gasteiger partial charge in [-0.2, -0.15) is 0 Å². The Morgan fingerprint density at radius 3 is 2.58 bits per heavy atom. The third-order valence-corrected chi connectivity index (χ3v) is 1.93. The van der Waals surface area contributed by atoms with Gasteiger partial charge in [0.05, 0.1) is 18.8 Å². The third-order valence-electron chi connectivity index (χ3n) is 1.93. The first kappa shape index (κ1) is 9.49. The van der Waals surface area contributed by atoms with Crippen LogP contribution in [0, 0.1) is 12.3 Å². The first-order valence-electron chi connectivity index (χ1n) is 3.77. The van der Waals surface area contributed by atoms with E-state index < -0.39 is 24.4 Å². The molecule has 3 N–H and O–H groups in total. The Kier molecular flexibility index (Phi) is 3.06. The lowest BCUT2D eigenvalue weighted by atomic mass is 9.99. The predicted molar refractivity (Wildman–Crippen MR) is 41.2 cm³/mol. The minimum Gasteiger partial charge on any atom is -0.394 e. The Labute approximate surface area is 70.8 Å². The lowest BCUT2D eigenvalue weighted by Crippen LogP contribution is -2.48. The van der Waals surface area contributed by atoms with E-state index in [1.165, 1.54) is 0 Å². The van der Waals surface area contributed by atoms with Crippen molar-refractivity contribution in [3.05, 3.63) is 0 Å². The Morgan fingerprint density at radius 1 is 1.42 bits per heavy atom. The molecule has 1 aliphatic heterocycles. The molecule has 3 unspecified atom stereocenters. The number of aliphatic hydroxyl groups is 3. The number of rotatable bonds is 1. The fourth-order valence-corrected chi connectivity index (χ4v) is 1.21. The zero-order chi connectivity index (χ0) is 9.14. The molecule has 1 saturated heterocycles. The molecule has 12 heavy (non-hydrogen) atoms. The molecule has 1 aliphatic rings. The summed E-state index contributed by atoms with van der Waals surface area (Å²) in [4.78, 5) is 0. The monoisotopic (exact) mass is 172 g/mol. The molecular formula is C8H12O4. The van der Waals surface area contributed by atoms with E-state index in [0.717, 1.165) is 0 Å². The van der Waals surface area contributed by atoms with E-state index in [0.29, 0.717) is 0 Å². The van der Waals surface area contributed by atoms with Gasteiger partial charge in [-0.05, 0) is 0 Å². The quantitative estimate of drug-likeness (QED) is 0.421. The highest BCUT2D eigenvalue weighted by Crippen LogP contribution is 2.19. The van der Waals surface area contributed by atoms with Gasteiger partial charge in [0.15, 0.2) is 0 Å². The van der Waals surface area contributed by atoms with Crippen LogP contribution in [-0.4, -0.2) is 46.3 Å². The first-order valence-corrected chi connectivity index (χ1v) is 3.77. The zero-order valence-corrected chi connectivity index (χ0v) is 6.55. The van der Waals surface area contributed by atoms with Crippen LogP contribution in [0.15, 0.2) is 0 Å². The van der Waals surface area contributed by atoms with E-state index in [1.807, 2.05) is 0 Å². The number of ether oxygens (including phenoxy) is 1. The van der Waals surface area contributed by atoms with Crippen molar-refractivity contribution in [2.75, 3.05) is 6.61 Å².